The third-order valence-corrected chi connectivity index (χ3v) is 7.01. The van der Waals surface area contributed by atoms with Crippen LogP contribution in [0.5, 0.6) is 0 Å². The molecule has 0 atom stereocenters. The highest BCUT2D eigenvalue weighted by Crippen LogP contribution is 2.36. The van der Waals surface area contributed by atoms with E-state index in [1.54, 1.807) is 24.4 Å². The summed E-state index contributed by atoms with van der Waals surface area (Å²) in [6, 6.07) is 11.2. The van der Waals surface area contributed by atoms with Gasteiger partial charge in [-0.25, -0.2) is 12.8 Å². The number of aromatic nitrogens is 1. The average molecular weight is 405 g/mol. The van der Waals surface area contributed by atoms with E-state index < -0.39 is 15.8 Å². The van der Waals surface area contributed by atoms with E-state index in [0.29, 0.717) is 5.52 Å². The molecule has 1 aliphatic carbocycles. The van der Waals surface area contributed by atoms with E-state index >= 15 is 0 Å². The SMILES string of the molecule is Cc1cnc2c(S(=O)(=O)N(Cc3c(F)cccc3Cl)C3CC3)cccc2c1. The molecular formula is C20H18ClFN2O2S. The lowest BCUT2D eigenvalue weighted by Crippen LogP contribution is -2.33. The van der Waals surface area contributed by atoms with Crippen LogP contribution in [0.4, 0.5) is 4.39 Å². The van der Waals surface area contributed by atoms with Gasteiger partial charge >= 0.3 is 0 Å². The number of aryl methyl sites for hydroxylation is 1. The largest absolute Gasteiger partial charge is 0.255 e. The molecule has 4 nitrogen and oxygen atoms in total. The molecule has 0 unspecified atom stereocenters. The first kappa shape index (κ1) is 18.3. The summed E-state index contributed by atoms with van der Waals surface area (Å²) >= 11 is 6.13. The van der Waals surface area contributed by atoms with Crippen LogP contribution in [0.3, 0.4) is 0 Å². The fourth-order valence-electron chi connectivity index (χ4n) is 3.19. The standard InChI is InChI=1S/C20H18ClFN2O2S/c1-13-10-14-4-2-7-19(20(14)23-11-13)27(25,26)24(15-8-9-15)12-16-17(21)5-3-6-18(16)22/h2-7,10-11,15H,8-9,12H2,1H3. The van der Waals surface area contributed by atoms with Crippen molar-refractivity contribution in [2.75, 3.05) is 0 Å². The Morgan fingerprint density at radius 3 is 2.67 bits per heavy atom. The number of para-hydroxylation sites is 1. The third kappa shape index (κ3) is 3.45. The van der Waals surface area contributed by atoms with Gasteiger partial charge in [0.1, 0.15) is 10.7 Å². The molecule has 1 aromatic heterocycles. The van der Waals surface area contributed by atoms with Crippen LogP contribution in [-0.4, -0.2) is 23.7 Å². The average Bonchev–Trinajstić information content (AvgIpc) is 3.45. The van der Waals surface area contributed by atoms with Crippen LogP contribution < -0.4 is 0 Å². The summed E-state index contributed by atoms with van der Waals surface area (Å²) in [5.41, 5.74) is 1.57. The van der Waals surface area contributed by atoms with Gasteiger partial charge in [-0.3, -0.25) is 4.98 Å². The van der Waals surface area contributed by atoms with Gasteiger partial charge in [0.15, 0.2) is 0 Å². The minimum absolute atomic E-state index is 0.0965. The Labute approximate surface area is 162 Å². The third-order valence-electron chi connectivity index (χ3n) is 4.73. The van der Waals surface area contributed by atoms with Crippen LogP contribution in [0.2, 0.25) is 5.02 Å². The highest BCUT2D eigenvalue weighted by molar-refractivity contribution is 7.89. The molecule has 7 heteroatoms. The van der Waals surface area contributed by atoms with Crippen molar-refractivity contribution in [3.63, 3.8) is 0 Å². The number of rotatable bonds is 5. The van der Waals surface area contributed by atoms with E-state index in [0.717, 1.165) is 23.8 Å². The smallest absolute Gasteiger partial charge is 0.245 e. The molecule has 4 rings (SSSR count). The Balaban J connectivity index is 1.82. The van der Waals surface area contributed by atoms with Crippen LogP contribution in [0.25, 0.3) is 10.9 Å². The first-order chi connectivity index (χ1) is 12.9. The number of benzene rings is 2. The Morgan fingerprint density at radius 1 is 1.22 bits per heavy atom. The fourth-order valence-corrected chi connectivity index (χ4v) is 5.23. The van der Waals surface area contributed by atoms with Crippen molar-refractivity contribution in [1.82, 2.24) is 9.29 Å². The molecule has 3 aromatic rings. The van der Waals surface area contributed by atoms with Gasteiger partial charge in [0, 0.05) is 34.8 Å². The highest BCUT2D eigenvalue weighted by Gasteiger charge is 2.39. The van der Waals surface area contributed by atoms with E-state index in [-0.39, 0.29) is 28.1 Å². The minimum Gasteiger partial charge on any atom is -0.255 e. The van der Waals surface area contributed by atoms with Crippen LogP contribution in [0.1, 0.15) is 24.0 Å². The normalized spacial score (nSPS) is 14.8. The number of fused-ring (bicyclic) bond motifs is 1. The highest BCUT2D eigenvalue weighted by atomic mass is 35.5. The summed E-state index contributed by atoms with van der Waals surface area (Å²) in [4.78, 5) is 4.48. The lowest BCUT2D eigenvalue weighted by atomic mass is 10.2. The Hall–Kier alpha value is -2.02. The number of pyridine rings is 1. The lowest BCUT2D eigenvalue weighted by Gasteiger charge is -2.23. The van der Waals surface area contributed by atoms with Crippen LogP contribution >= 0.6 is 11.6 Å². The van der Waals surface area contributed by atoms with Gasteiger partial charge in [0.2, 0.25) is 10.0 Å². The fraction of sp³-hybridized carbons (Fsp3) is 0.250. The monoisotopic (exact) mass is 404 g/mol. The van der Waals surface area contributed by atoms with Gasteiger partial charge in [-0.2, -0.15) is 4.31 Å². The summed E-state index contributed by atoms with van der Waals surface area (Å²) in [6.45, 7) is 1.81. The van der Waals surface area contributed by atoms with Crippen molar-refractivity contribution in [3.05, 3.63) is 70.6 Å². The quantitative estimate of drug-likeness (QED) is 0.619. The second-order valence-electron chi connectivity index (χ2n) is 6.82. The number of halogens is 2. The molecule has 1 heterocycles. The molecule has 140 valence electrons. The molecule has 0 N–H and O–H groups in total. The Bertz CT molecular complexity index is 1110. The molecule has 0 radical (unpaired) electrons. The minimum atomic E-state index is -3.86. The van der Waals surface area contributed by atoms with Crippen LogP contribution in [0, 0.1) is 12.7 Å². The van der Waals surface area contributed by atoms with E-state index in [9.17, 15) is 12.8 Å². The first-order valence-electron chi connectivity index (χ1n) is 8.68. The van der Waals surface area contributed by atoms with Crippen molar-refractivity contribution in [3.8, 4) is 0 Å². The van der Waals surface area contributed by atoms with E-state index in [4.69, 9.17) is 11.6 Å². The zero-order valence-corrected chi connectivity index (χ0v) is 16.3. The topological polar surface area (TPSA) is 50.3 Å². The van der Waals surface area contributed by atoms with Gasteiger partial charge in [0.25, 0.3) is 0 Å². The van der Waals surface area contributed by atoms with Crippen LogP contribution in [-0.2, 0) is 16.6 Å². The zero-order chi connectivity index (χ0) is 19.2. The van der Waals surface area contributed by atoms with Gasteiger partial charge in [-0.1, -0.05) is 29.8 Å². The maximum atomic E-state index is 14.3. The van der Waals surface area contributed by atoms with Crippen molar-refractivity contribution in [2.24, 2.45) is 0 Å². The van der Waals surface area contributed by atoms with Crippen molar-refractivity contribution < 1.29 is 12.8 Å². The van der Waals surface area contributed by atoms with Gasteiger partial charge in [0.05, 0.1) is 5.52 Å². The first-order valence-corrected chi connectivity index (χ1v) is 10.5. The van der Waals surface area contributed by atoms with Gasteiger partial charge in [-0.15, -0.1) is 0 Å². The summed E-state index contributed by atoms with van der Waals surface area (Å²) in [5, 5.41) is 0.985. The predicted octanol–water partition coefficient (Wildman–Crippen LogP) is 4.69. The van der Waals surface area contributed by atoms with Gasteiger partial charge in [-0.05, 0) is 49.6 Å². The molecule has 27 heavy (non-hydrogen) atoms. The molecule has 0 bridgehead atoms. The second-order valence-corrected chi connectivity index (χ2v) is 9.09. The van der Waals surface area contributed by atoms with Crippen molar-refractivity contribution in [1.29, 1.82) is 0 Å². The van der Waals surface area contributed by atoms with Crippen molar-refractivity contribution in [2.45, 2.75) is 37.2 Å². The molecule has 1 fully saturated rings. The predicted molar refractivity (Wildman–Crippen MR) is 104 cm³/mol. The maximum Gasteiger partial charge on any atom is 0.245 e. The lowest BCUT2D eigenvalue weighted by molar-refractivity contribution is 0.392. The Kier molecular flexibility index (Phi) is 4.66. The number of nitrogens with zero attached hydrogens (tertiary/aromatic N) is 2. The summed E-state index contributed by atoms with van der Waals surface area (Å²) in [6.07, 6.45) is 3.15. The van der Waals surface area contributed by atoms with Crippen LogP contribution in [0.15, 0.2) is 53.6 Å². The molecule has 0 spiro atoms. The molecule has 1 aliphatic rings. The Morgan fingerprint density at radius 2 is 1.96 bits per heavy atom. The maximum absolute atomic E-state index is 14.3. The molecule has 0 amide bonds. The molecule has 2 aromatic carbocycles. The summed E-state index contributed by atoms with van der Waals surface area (Å²) in [7, 11) is -3.86. The summed E-state index contributed by atoms with van der Waals surface area (Å²) < 4.78 is 42.5. The number of sulfonamides is 1. The number of hydrogen-bond donors (Lipinski definition) is 0. The summed E-state index contributed by atoms with van der Waals surface area (Å²) in [5.74, 6) is -0.505. The van der Waals surface area contributed by atoms with Gasteiger partial charge < -0.3 is 0 Å². The van der Waals surface area contributed by atoms with E-state index in [2.05, 4.69) is 4.98 Å². The van der Waals surface area contributed by atoms with E-state index in [1.165, 1.54) is 16.4 Å². The number of hydrogen-bond acceptors (Lipinski definition) is 3. The molecule has 1 saturated carbocycles. The molecular weight excluding hydrogens is 387 g/mol. The second kappa shape index (κ2) is 6.86. The molecule has 0 aliphatic heterocycles. The molecule has 0 saturated heterocycles. The zero-order valence-electron chi connectivity index (χ0n) is 14.7. The van der Waals surface area contributed by atoms with E-state index in [1.807, 2.05) is 19.1 Å². The van der Waals surface area contributed by atoms with Crippen molar-refractivity contribution >= 4 is 32.5 Å².